The summed E-state index contributed by atoms with van der Waals surface area (Å²) in [4.78, 5) is 0. The van der Waals surface area contributed by atoms with Crippen LogP contribution >= 0.6 is 0 Å². The summed E-state index contributed by atoms with van der Waals surface area (Å²) in [6.45, 7) is 11.4. The molecule has 0 radical (unpaired) electrons. The standard InChI is InChI=1S/C32H32NO/c1-18(2)16-21-10-9-11-22-17-26-30-25(29(21)22)14-15-33(6)31(30)28-20(5)23-12-7-8-13-24(23)27(19(3)4)32(28)34-26/h7-15,17-19H,16H2,1-6H3/q+1. The van der Waals surface area contributed by atoms with Crippen LogP contribution in [0.2, 0.25) is 0 Å². The van der Waals surface area contributed by atoms with E-state index in [9.17, 15) is 0 Å². The number of fused-ring (bicyclic) bond motifs is 5. The van der Waals surface area contributed by atoms with Gasteiger partial charge in [0, 0.05) is 17.0 Å². The second-order valence-corrected chi connectivity index (χ2v) is 10.6. The highest BCUT2D eigenvalue weighted by Gasteiger charge is 2.34. The van der Waals surface area contributed by atoms with Gasteiger partial charge >= 0.3 is 0 Å². The van der Waals surface area contributed by atoms with E-state index in [0.29, 0.717) is 11.8 Å². The summed E-state index contributed by atoms with van der Waals surface area (Å²) >= 11 is 0. The molecule has 0 spiro atoms. The van der Waals surface area contributed by atoms with Crippen molar-refractivity contribution < 1.29 is 9.30 Å². The lowest BCUT2D eigenvalue weighted by atomic mass is 9.84. The van der Waals surface area contributed by atoms with Crippen molar-refractivity contribution in [2.24, 2.45) is 13.0 Å². The van der Waals surface area contributed by atoms with Gasteiger partial charge in [0.15, 0.2) is 6.20 Å². The molecule has 2 heteroatoms. The number of hydrogen-bond donors (Lipinski definition) is 0. The van der Waals surface area contributed by atoms with E-state index in [2.05, 4.69) is 107 Å². The molecule has 0 unspecified atom stereocenters. The topological polar surface area (TPSA) is 13.1 Å². The number of aromatic nitrogens is 1. The van der Waals surface area contributed by atoms with Crippen molar-refractivity contribution in [3.8, 4) is 22.8 Å². The second kappa shape index (κ2) is 7.56. The summed E-state index contributed by atoms with van der Waals surface area (Å²) in [5.41, 5.74) is 6.51. The van der Waals surface area contributed by atoms with Crippen LogP contribution < -0.4 is 9.30 Å². The molecular formula is C32H32NO+. The first-order valence-electron chi connectivity index (χ1n) is 12.5. The first kappa shape index (κ1) is 21.2. The molecule has 0 amide bonds. The lowest BCUT2D eigenvalue weighted by Crippen LogP contribution is -2.32. The number of benzene rings is 4. The van der Waals surface area contributed by atoms with Crippen LogP contribution in [-0.2, 0) is 13.5 Å². The van der Waals surface area contributed by atoms with Crippen molar-refractivity contribution in [1.82, 2.24) is 0 Å². The number of ether oxygens (including phenoxy) is 1. The number of aryl methyl sites for hydroxylation is 2. The normalized spacial score (nSPS) is 12.7. The molecule has 5 aromatic rings. The third-order valence-corrected chi connectivity index (χ3v) is 7.43. The van der Waals surface area contributed by atoms with Gasteiger partial charge in [-0.3, -0.25) is 0 Å². The van der Waals surface area contributed by atoms with Crippen molar-refractivity contribution in [1.29, 1.82) is 0 Å². The van der Waals surface area contributed by atoms with Gasteiger partial charge in [-0.15, -0.1) is 0 Å². The Morgan fingerprint density at radius 1 is 0.853 bits per heavy atom. The average molecular weight is 447 g/mol. The number of pyridine rings is 1. The highest BCUT2D eigenvalue weighted by molar-refractivity contribution is 6.17. The molecule has 0 bridgehead atoms. The Morgan fingerprint density at radius 3 is 2.35 bits per heavy atom. The van der Waals surface area contributed by atoms with Crippen molar-refractivity contribution in [2.75, 3.05) is 0 Å². The number of hydrogen-bond acceptors (Lipinski definition) is 1. The molecule has 170 valence electrons. The maximum atomic E-state index is 6.90. The summed E-state index contributed by atoms with van der Waals surface area (Å²) in [6, 6.07) is 20.1. The van der Waals surface area contributed by atoms with Gasteiger partial charge in [0.2, 0.25) is 5.69 Å². The Morgan fingerprint density at radius 2 is 1.62 bits per heavy atom. The van der Waals surface area contributed by atoms with Crippen LogP contribution in [0.3, 0.4) is 0 Å². The molecule has 1 aliphatic heterocycles. The predicted octanol–water partition coefficient (Wildman–Crippen LogP) is 8.37. The minimum absolute atomic E-state index is 0.350. The highest BCUT2D eigenvalue weighted by Crippen LogP contribution is 2.53. The fourth-order valence-corrected chi connectivity index (χ4v) is 6.06. The Bertz CT molecular complexity index is 1620. The van der Waals surface area contributed by atoms with E-state index in [0.717, 1.165) is 17.9 Å². The number of rotatable bonds is 3. The van der Waals surface area contributed by atoms with Crippen molar-refractivity contribution >= 4 is 32.3 Å². The monoisotopic (exact) mass is 446 g/mol. The molecule has 1 aromatic heterocycles. The molecule has 2 heterocycles. The smallest absolute Gasteiger partial charge is 0.228 e. The van der Waals surface area contributed by atoms with E-state index in [1.54, 1.807) is 0 Å². The van der Waals surface area contributed by atoms with Crippen LogP contribution in [0.4, 0.5) is 0 Å². The average Bonchev–Trinajstić information content (AvgIpc) is 2.80. The zero-order valence-electron chi connectivity index (χ0n) is 21.0. The van der Waals surface area contributed by atoms with E-state index < -0.39 is 0 Å². The minimum atomic E-state index is 0.350. The van der Waals surface area contributed by atoms with E-state index >= 15 is 0 Å². The van der Waals surface area contributed by atoms with Crippen LogP contribution in [0.25, 0.3) is 43.6 Å². The zero-order valence-corrected chi connectivity index (χ0v) is 21.0. The van der Waals surface area contributed by atoms with Crippen molar-refractivity contribution in [3.63, 3.8) is 0 Å². The first-order chi connectivity index (χ1) is 16.4. The fourth-order valence-electron chi connectivity index (χ4n) is 6.06. The van der Waals surface area contributed by atoms with Crippen molar-refractivity contribution in [2.45, 2.75) is 47.0 Å². The maximum absolute atomic E-state index is 6.90. The molecule has 0 fully saturated rings. The van der Waals surface area contributed by atoms with Crippen LogP contribution in [0.15, 0.2) is 60.8 Å². The van der Waals surface area contributed by atoms with Crippen LogP contribution in [0.1, 0.15) is 50.3 Å². The Labute approximate surface area is 201 Å². The van der Waals surface area contributed by atoms with Gasteiger partial charge in [-0.25, -0.2) is 4.57 Å². The quantitative estimate of drug-likeness (QED) is 0.196. The van der Waals surface area contributed by atoms with Gasteiger partial charge in [0.25, 0.3) is 0 Å². The molecule has 0 atom stereocenters. The molecular weight excluding hydrogens is 414 g/mol. The Balaban J connectivity index is 1.82. The predicted molar refractivity (Wildman–Crippen MR) is 143 cm³/mol. The summed E-state index contributed by atoms with van der Waals surface area (Å²) in [6.07, 6.45) is 3.30. The SMILES string of the molecule is Cc1c2c(c(C(C)C)c3ccccc13)Oc1cc3cccc(CC(C)C)c3c3cc[n+](C)c-2c13. The number of nitrogens with zero attached hydrogens (tertiary/aromatic N) is 1. The maximum Gasteiger partial charge on any atom is 0.228 e. The molecule has 0 aliphatic carbocycles. The van der Waals surface area contributed by atoms with E-state index in [4.69, 9.17) is 4.74 Å². The molecule has 2 nitrogen and oxygen atoms in total. The third-order valence-electron chi connectivity index (χ3n) is 7.43. The van der Waals surface area contributed by atoms with Gasteiger partial charge in [-0.05, 0) is 63.9 Å². The summed E-state index contributed by atoms with van der Waals surface area (Å²) < 4.78 is 9.19. The van der Waals surface area contributed by atoms with Gasteiger partial charge < -0.3 is 4.74 Å². The van der Waals surface area contributed by atoms with Crippen molar-refractivity contribution in [3.05, 3.63) is 77.5 Å². The molecule has 6 rings (SSSR count). The van der Waals surface area contributed by atoms with Gasteiger partial charge in [0.1, 0.15) is 18.5 Å². The molecule has 1 aliphatic rings. The molecule has 34 heavy (non-hydrogen) atoms. The highest BCUT2D eigenvalue weighted by atomic mass is 16.5. The molecule has 0 N–H and O–H groups in total. The Hall–Kier alpha value is -3.39. The first-order valence-corrected chi connectivity index (χ1v) is 12.5. The lowest BCUT2D eigenvalue weighted by Gasteiger charge is -2.27. The minimum Gasteiger partial charge on any atom is -0.455 e. The molecule has 4 aromatic carbocycles. The largest absolute Gasteiger partial charge is 0.455 e. The van der Waals surface area contributed by atoms with E-state index in [1.807, 2.05) is 0 Å². The molecule has 0 saturated heterocycles. The van der Waals surface area contributed by atoms with E-state index in [1.165, 1.54) is 60.3 Å². The fraction of sp³-hybridized carbons (Fsp3) is 0.281. The van der Waals surface area contributed by atoms with E-state index in [-0.39, 0.29) is 0 Å². The van der Waals surface area contributed by atoms with Gasteiger partial charge in [0.05, 0.1) is 10.9 Å². The summed E-state index contributed by atoms with van der Waals surface area (Å²) in [5.74, 6) is 2.95. The Kier molecular flexibility index (Phi) is 4.71. The van der Waals surface area contributed by atoms with Crippen LogP contribution in [-0.4, -0.2) is 0 Å². The lowest BCUT2D eigenvalue weighted by molar-refractivity contribution is -0.659. The molecule has 0 saturated carbocycles. The second-order valence-electron chi connectivity index (χ2n) is 10.6. The van der Waals surface area contributed by atoms with Gasteiger partial charge in [-0.2, -0.15) is 0 Å². The van der Waals surface area contributed by atoms with Gasteiger partial charge in [-0.1, -0.05) is 70.2 Å². The summed E-state index contributed by atoms with van der Waals surface area (Å²) in [5, 5.41) is 7.76. The third kappa shape index (κ3) is 2.91. The van der Waals surface area contributed by atoms with Crippen LogP contribution in [0.5, 0.6) is 11.5 Å². The zero-order chi connectivity index (χ0) is 23.7. The van der Waals surface area contributed by atoms with Crippen LogP contribution in [0, 0.1) is 12.8 Å². The summed E-state index contributed by atoms with van der Waals surface area (Å²) in [7, 11) is 2.17.